The van der Waals surface area contributed by atoms with Crippen molar-refractivity contribution in [3.63, 3.8) is 0 Å². The standard InChI is InChI=1S/C10H18N2/c1-5-9(4)12-7-10(6-11-12)8(2)3/h6-9H,5H2,1-4H3/t9-/m0/s1. The zero-order chi connectivity index (χ0) is 9.14. The third-order valence-corrected chi connectivity index (χ3v) is 2.33. The molecule has 1 rings (SSSR count). The molecule has 2 heteroatoms. The van der Waals surface area contributed by atoms with Crippen molar-refractivity contribution < 1.29 is 0 Å². The Bertz CT molecular complexity index is 238. The first-order valence-electron chi connectivity index (χ1n) is 4.69. The van der Waals surface area contributed by atoms with Crippen LogP contribution in [0.5, 0.6) is 0 Å². The maximum absolute atomic E-state index is 4.32. The van der Waals surface area contributed by atoms with E-state index in [0.29, 0.717) is 12.0 Å². The molecular weight excluding hydrogens is 148 g/mol. The van der Waals surface area contributed by atoms with Crippen LogP contribution in [-0.2, 0) is 0 Å². The first-order chi connectivity index (χ1) is 5.65. The Kier molecular flexibility index (Phi) is 2.90. The van der Waals surface area contributed by atoms with Crippen molar-refractivity contribution >= 4 is 0 Å². The second kappa shape index (κ2) is 3.74. The van der Waals surface area contributed by atoms with Gasteiger partial charge in [0, 0.05) is 12.2 Å². The monoisotopic (exact) mass is 166 g/mol. The Balaban J connectivity index is 2.77. The van der Waals surface area contributed by atoms with Crippen LogP contribution in [-0.4, -0.2) is 9.78 Å². The lowest BCUT2D eigenvalue weighted by molar-refractivity contribution is 0.477. The summed E-state index contributed by atoms with van der Waals surface area (Å²) in [6.45, 7) is 8.76. The summed E-state index contributed by atoms with van der Waals surface area (Å²) in [6.07, 6.45) is 5.26. The van der Waals surface area contributed by atoms with E-state index in [1.807, 2.05) is 6.20 Å². The molecule has 1 aromatic heterocycles. The first kappa shape index (κ1) is 9.30. The van der Waals surface area contributed by atoms with Gasteiger partial charge in [0.1, 0.15) is 0 Å². The van der Waals surface area contributed by atoms with Gasteiger partial charge in [-0.1, -0.05) is 20.8 Å². The van der Waals surface area contributed by atoms with Gasteiger partial charge in [0.15, 0.2) is 0 Å². The molecule has 0 saturated carbocycles. The second-order valence-electron chi connectivity index (χ2n) is 3.67. The Hall–Kier alpha value is -0.790. The van der Waals surface area contributed by atoms with Crippen LogP contribution in [0.15, 0.2) is 12.4 Å². The summed E-state index contributed by atoms with van der Waals surface area (Å²) >= 11 is 0. The van der Waals surface area contributed by atoms with E-state index in [9.17, 15) is 0 Å². The van der Waals surface area contributed by atoms with E-state index in [1.54, 1.807) is 0 Å². The smallest absolute Gasteiger partial charge is 0.0524 e. The highest BCUT2D eigenvalue weighted by Crippen LogP contribution is 2.16. The quantitative estimate of drug-likeness (QED) is 0.675. The third kappa shape index (κ3) is 1.87. The maximum atomic E-state index is 4.32. The zero-order valence-corrected chi connectivity index (χ0v) is 8.41. The van der Waals surface area contributed by atoms with Crippen LogP contribution in [0, 0.1) is 0 Å². The van der Waals surface area contributed by atoms with E-state index in [-0.39, 0.29) is 0 Å². The highest BCUT2D eigenvalue weighted by atomic mass is 15.3. The molecule has 0 bridgehead atoms. The van der Waals surface area contributed by atoms with Crippen molar-refractivity contribution in [2.75, 3.05) is 0 Å². The summed E-state index contributed by atoms with van der Waals surface area (Å²) in [6, 6.07) is 0.525. The minimum absolute atomic E-state index is 0.525. The molecule has 0 aliphatic heterocycles. The van der Waals surface area contributed by atoms with Crippen molar-refractivity contribution in [1.82, 2.24) is 9.78 Å². The molecule has 0 unspecified atom stereocenters. The van der Waals surface area contributed by atoms with Crippen molar-refractivity contribution in [2.24, 2.45) is 0 Å². The Labute approximate surface area is 74.6 Å². The fourth-order valence-corrected chi connectivity index (χ4v) is 1.08. The van der Waals surface area contributed by atoms with Crippen LogP contribution >= 0.6 is 0 Å². The maximum Gasteiger partial charge on any atom is 0.0524 e. The molecule has 0 saturated heterocycles. The zero-order valence-electron chi connectivity index (χ0n) is 8.41. The van der Waals surface area contributed by atoms with Crippen LogP contribution < -0.4 is 0 Å². The van der Waals surface area contributed by atoms with Gasteiger partial charge in [-0.25, -0.2) is 0 Å². The Morgan fingerprint density at radius 2 is 2.08 bits per heavy atom. The summed E-state index contributed by atoms with van der Waals surface area (Å²) in [5.74, 6) is 0.586. The Morgan fingerprint density at radius 1 is 1.42 bits per heavy atom. The first-order valence-corrected chi connectivity index (χ1v) is 4.69. The second-order valence-corrected chi connectivity index (χ2v) is 3.67. The van der Waals surface area contributed by atoms with Gasteiger partial charge in [-0.3, -0.25) is 4.68 Å². The van der Waals surface area contributed by atoms with E-state index in [1.165, 1.54) is 5.56 Å². The molecule has 0 N–H and O–H groups in total. The molecule has 1 heterocycles. The lowest BCUT2D eigenvalue weighted by atomic mass is 10.1. The minimum atomic E-state index is 0.525. The molecule has 0 fully saturated rings. The largest absolute Gasteiger partial charge is 0.270 e. The van der Waals surface area contributed by atoms with Crippen LogP contribution in [0.3, 0.4) is 0 Å². The summed E-state index contributed by atoms with van der Waals surface area (Å²) in [4.78, 5) is 0. The highest BCUT2D eigenvalue weighted by molar-refractivity contribution is 5.08. The topological polar surface area (TPSA) is 17.8 Å². The SMILES string of the molecule is CC[C@H](C)n1cc(C(C)C)cn1. The van der Waals surface area contributed by atoms with E-state index >= 15 is 0 Å². The normalized spacial score (nSPS) is 13.8. The van der Waals surface area contributed by atoms with Gasteiger partial charge in [0.25, 0.3) is 0 Å². The number of hydrogen-bond acceptors (Lipinski definition) is 1. The Morgan fingerprint density at radius 3 is 2.50 bits per heavy atom. The number of hydrogen-bond donors (Lipinski definition) is 0. The molecule has 0 spiro atoms. The van der Waals surface area contributed by atoms with E-state index < -0.39 is 0 Å². The van der Waals surface area contributed by atoms with E-state index in [2.05, 4.69) is 43.7 Å². The average Bonchev–Trinajstić information content (AvgIpc) is 2.51. The molecular formula is C10H18N2. The molecule has 0 aromatic carbocycles. The van der Waals surface area contributed by atoms with Crippen LogP contribution in [0.25, 0.3) is 0 Å². The summed E-state index contributed by atoms with van der Waals surface area (Å²) in [7, 11) is 0. The molecule has 0 amide bonds. The van der Waals surface area contributed by atoms with Gasteiger partial charge in [0.05, 0.1) is 6.20 Å². The summed E-state index contributed by atoms with van der Waals surface area (Å²) in [5, 5.41) is 4.32. The van der Waals surface area contributed by atoms with E-state index in [0.717, 1.165) is 6.42 Å². The van der Waals surface area contributed by atoms with Crippen LogP contribution in [0.2, 0.25) is 0 Å². The lowest BCUT2D eigenvalue weighted by Gasteiger charge is -2.08. The van der Waals surface area contributed by atoms with E-state index in [4.69, 9.17) is 0 Å². The van der Waals surface area contributed by atoms with Gasteiger partial charge in [-0.15, -0.1) is 0 Å². The molecule has 0 aliphatic carbocycles. The predicted molar refractivity (Wildman–Crippen MR) is 51.3 cm³/mol. The molecule has 0 aliphatic rings. The van der Waals surface area contributed by atoms with Gasteiger partial charge >= 0.3 is 0 Å². The highest BCUT2D eigenvalue weighted by Gasteiger charge is 2.05. The lowest BCUT2D eigenvalue weighted by Crippen LogP contribution is -2.03. The number of nitrogens with zero attached hydrogens (tertiary/aromatic N) is 2. The molecule has 1 aromatic rings. The molecule has 68 valence electrons. The molecule has 0 radical (unpaired) electrons. The van der Waals surface area contributed by atoms with Gasteiger partial charge in [-0.05, 0) is 24.8 Å². The fraction of sp³-hybridized carbons (Fsp3) is 0.700. The van der Waals surface area contributed by atoms with Gasteiger partial charge in [0.2, 0.25) is 0 Å². The predicted octanol–water partition coefficient (Wildman–Crippen LogP) is 2.98. The van der Waals surface area contributed by atoms with Crippen LogP contribution in [0.1, 0.15) is 51.6 Å². The summed E-state index contributed by atoms with van der Waals surface area (Å²) < 4.78 is 2.05. The summed E-state index contributed by atoms with van der Waals surface area (Å²) in [5.41, 5.74) is 1.33. The van der Waals surface area contributed by atoms with Crippen molar-refractivity contribution in [2.45, 2.75) is 46.1 Å². The van der Waals surface area contributed by atoms with Crippen molar-refractivity contribution in [1.29, 1.82) is 0 Å². The number of aromatic nitrogens is 2. The third-order valence-electron chi connectivity index (χ3n) is 2.33. The molecule has 1 atom stereocenters. The van der Waals surface area contributed by atoms with Crippen molar-refractivity contribution in [3.05, 3.63) is 18.0 Å². The van der Waals surface area contributed by atoms with Gasteiger partial charge < -0.3 is 0 Å². The molecule has 12 heavy (non-hydrogen) atoms. The molecule has 2 nitrogen and oxygen atoms in total. The van der Waals surface area contributed by atoms with Crippen LogP contribution in [0.4, 0.5) is 0 Å². The fourth-order valence-electron chi connectivity index (χ4n) is 1.08. The number of rotatable bonds is 3. The minimum Gasteiger partial charge on any atom is -0.270 e. The van der Waals surface area contributed by atoms with Crippen molar-refractivity contribution in [3.8, 4) is 0 Å². The average molecular weight is 166 g/mol. The van der Waals surface area contributed by atoms with Gasteiger partial charge in [-0.2, -0.15) is 5.10 Å².